The van der Waals surface area contributed by atoms with Gasteiger partial charge in [0.2, 0.25) is 0 Å². The molecule has 0 aliphatic heterocycles. The summed E-state index contributed by atoms with van der Waals surface area (Å²) < 4.78 is 40.7. The van der Waals surface area contributed by atoms with E-state index in [9.17, 15) is 13.2 Å². The Balaban J connectivity index is 2.52. The van der Waals surface area contributed by atoms with Gasteiger partial charge >= 0.3 is 6.18 Å². The molecule has 3 aromatic rings. The highest BCUT2D eigenvalue weighted by atomic mass is 19.4. The van der Waals surface area contributed by atoms with Gasteiger partial charge in [-0.2, -0.15) is 13.2 Å². The van der Waals surface area contributed by atoms with E-state index >= 15 is 0 Å². The second-order valence-corrected chi connectivity index (χ2v) is 5.82. The monoisotopic (exact) mass is 288 g/mol. The molecule has 0 N–H and O–H groups in total. The molecular weight excluding hydrogens is 273 g/mol. The van der Waals surface area contributed by atoms with Crippen molar-refractivity contribution in [1.82, 2.24) is 0 Å². The van der Waals surface area contributed by atoms with E-state index in [4.69, 9.17) is 0 Å². The van der Waals surface area contributed by atoms with Crippen molar-refractivity contribution in [3.8, 4) is 0 Å². The topological polar surface area (TPSA) is 0 Å². The Morgan fingerprint density at radius 2 is 1.14 bits per heavy atom. The summed E-state index contributed by atoms with van der Waals surface area (Å²) in [6.45, 7) is 2.50. The molecule has 0 spiro atoms. The standard InChI is InChI=1S/C18H15F3/c1-17(2,18(19,20)21)16-14-9-5-3-7-12(14)11-13-8-4-6-10-15(13)16/h3-11H,1-2H3. The highest BCUT2D eigenvalue weighted by Gasteiger charge is 2.49. The van der Waals surface area contributed by atoms with Crippen molar-refractivity contribution in [2.45, 2.75) is 25.4 Å². The summed E-state index contributed by atoms with van der Waals surface area (Å²) in [6.07, 6.45) is -4.31. The minimum Gasteiger partial charge on any atom is -0.170 e. The molecule has 3 rings (SSSR count). The first-order valence-electron chi connectivity index (χ1n) is 6.80. The van der Waals surface area contributed by atoms with Crippen LogP contribution in [0.1, 0.15) is 19.4 Å². The second kappa shape index (κ2) is 4.48. The molecule has 0 saturated heterocycles. The van der Waals surface area contributed by atoms with Crippen molar-refractivity contribution in [2.75, 3.05) is 0 Å². The van der Waals surface area contributed by atoms with Gasteiger partial charge in [-0.3, -0.25) is 0 Å². The van der Waals surface area contributed by atoms with Crippen LogP contribution in [-0.4, -0.2) is 6.18 Å². The van der Waals surface area contributed by atoms with E-state index in [2.05, 4.69) is 0 Å². The van der Waals surface area contributed by atoms with Crippen LogP contribution in [0.2, 0.25) is 0 Å². The van der Waals surface area contributed by atoms with E-state index in [1.54, 1.807) is 24.3 Å². The largest absolute Gasteiger partial charge is 0.397 e. The van der Waals surface area contributed by atoms with Gasteiger partial charge in [0, 0.05) is 0 Å². The van der Waals surface area contributed by atoms with E-state index < -0.39 is 11.6 Å². The number of benzene rings is 3. The lowest BCUT2D eigenvalue weighted by atomic mass is 9.78. The highest BCUT2D eigenvalue weighted by Crippen LogP contribution is 2.46. The summed E-state index contributed by atoms with van der Waals surface area (Å²) in [5.41, 5.74) is -1.56. The molecule has 108 valence electrons. The summed E-state index contributed by atoms with van der Waals surface area (Å²) in [7, 11) is 0. The van der Waals surface area contributed by atoms with Crippen LogP contribution in [0.5, 0.6) is 0 Å². The molecule has 0 radical (unpaired) electrons. The summed E-state index contributed by atoms with van der Waals surface area (Å²) in [5.74, 6) is 0. The van der Waals surface area contributed by atoms with Crippen molar-refractivity contribution in [3.05, 3.63) is 60.2 Å². The Morgan fingerprint density at radius 1 is 0.714 bits per heavy atom. The van der Waals surface area contributed by atoms with Gasteiger partial charge in [0.1, 0.15) is 0 Å². The van der Waals surface area contributed by atoms with E-state index in [0.717, 1.165) is 10.8 Å². The van der Waals surface area contributed by atoms with Gasteiger partial charge in [-0.15, -0.1) is 0 Å². The third-order valence-electron chi connectivity index (χ3n) is 4.10. The lowest BCUT2D eigenvalue weighted by molar-refractivity contribution is -0.179. The zero-order valence-corrected chi connectivity index (χ0v) is 11.8. The molecule has 0 aromatic heterocycles. The third-order valence-corrected chi connectivity index (χ3v) is 4.10. The zero-order valence-electron chi connectivity index (χ0n) is 11.8. The van der Waals surface area contributed by atoms with E-state index in [1.165, 1.54) is 13.8 Å². The highest BCUT2D eigenvalue weighted by molar-refractivity contribution is 6.03. The minimum absolute atomic E-state index is 0.351. The quantitative estimate of drug-likeness (QED) is 0.494. The Labute approximate surface area is 121 Å². The Kier molecular flexibility index (Phi) is 2.97. The van der Waals surface area contributed by atoms with Crippen molar-refractivity contribution in [2.24, 2.45) is 0 Å². The number of hydrogen-bond donors (Lipinski definition) is 0. The molecule has 3 heteroatoms. The van der Waals surface area contributed by atoms with E-state index in [1.807, 2.05) is 30.3 Å². The van der Waals surface area contributed by atoms with Crippen molar-refractivity contribution < 1.29 is 13.2 Å². The van der Waals surface area contributed by atoms with Crippen LogP contribution in [0, 0.1) is 0 Å². The van der Waals surface area contributed by atoms with Gasteiger partial charge < -0.3 is 0 Å². The molecule has 0 atom stereocenters. The Morgan fingerprint density at radius 3 is 1.57 bits per heavy atom. The molecule has 0 nitrogen and oxygen atoms in total. The van der Waals surface area contributed by atoms with Crippen molar-refractivity contribution in [1.29, 1.82) is 0 Å². The maximum Gasteiger partial charge on any atom is 0.397 e. The van der Waals surface area contributed by atoms with Crippen LogP contribution < -0.4 is 0 Å². The smallest absolute Gasteiger partial charge is 0.170 e. The molecule has 0 bridgehead atoms. The third kappa shape index (κ3) is 2.08. The van der Waals surface area contributed by atoms with Crippen LogP contribution >= 0.6 is 0 Å². The predicted octanol–water partition coefficient (Wildman–Crippen LogP) is 5.83. The van der Waals surface area contributed by atoms with Gasteiger partial charge in [-0.05, 0) is 47.0 Å². The minimum atomic E-state index is -4.31. The number of fused-ring (bicyclic) bond motifs is 2. The lowest BCUT2D eigenvalue weighted by Crippen LogP contribution is -2.36. The zero-order chi connectivity index (χ0) is 15.3. The normalized spacial score (nSPS) is 13.0. The number of rotatable bonds is 1. The SMILES string of the molecule is CC(C)(c1c2ccccc2cc2ccccc12)C(F)(F)F. The summed E-state index contributed by atoms with van der Waals surface area (Å²) >= 11 is 0. The predicted molar refractivity (Wildman–Crippen MR) is 80.5 cm³/mol. The van der Waals surface area contributed by atoms with Crippen LogP contribution in [0.25, 0.3) is 21.5 Å². The first-order valence-corrected chi connectivity index (χ1v) is 6.80. The van der Waals surface area contributed by atoms with Gasteiger partial charge in [0.05, 0.1) is 5.41 Å². The van der Waals surface area contributed by atoms with Gasteiger partial charge in [-0.1, -0.05) is 48.5 Å². The Hall–Kier alpha value is -2.03. The van der Waals surface area contributed by atoms with Crippen LogP contribution in [0.3, 0.4) is 0 Å². The molecule has 21 heavy (non-hydrogen) atoms. The van der Waals surface area contributed by atoms with E-state index in [-0.39, 0.29) is 0 Å². The Bertz CT molecular complexity index is 759. The van der Waals surface area contributed by atoms with Crippen LogP contribution in [0.15, 0.2) is 54.6 Å². The molecule has 0 heterocycles. The molecule has 0 aliphatic rings. The first kappa shape index (κ1) is 13.9. The maximum atomic E-state index is 13.6. The summed E-state index contributed by atoms with van der Waals surface area (Å²) in [6, 6.07) is 16.5. The maximum absolute atomic E-state index is 13.6. The second-order valence-electron chi connectivity index (χ2n) is 5.82. The van der Waals surface area contributed by atoms with Gasteiger partial charge in [0.15, 0.2) is 0 Å². The fraction of sp³-hybridized carbons (Fsp3) is 0.222. The number of alkyl halides is 3. The molecule has 0 aliphatic carbocycles. The van der Waals surface area contributed by atoms with Crippen LogP contribution in [0.4, 0.5) is 13.2 Å². The summed E-state index contributed by atoms with van der Waals surface area (Å²) in [4.78, 5) is 0. The molecule has 3 aromatic carbocycles. The van der Waals surface area contributed by atoms with Crippen molar-refractivity contribution in [3.63, 3.8) is 0 Å². The molecule has 0 amide bonds. The summed E-state index contributed by atoms with van der Waals surface area (Å²) in [5, 5.41) is 3.00. The average Bonchev–Trinajstić information content (AvgIpc) is 2.43. The molecular formula is C18H15F3. The van der Waals surface area contributed by atoms with Gasteiger partial charge in [0.25, 0.3) is 0 Å². The fourth-order valence-corrected chi connectivity index (χ4v) is 2.83. The fourth-order valence-electron chi connectivity index (χ4n) is 2.83. The number of hydrogen-bond acceptors (Lipinski definition) is 0. The molecule has 0 saturated carbocycles. The average molecular weight is 288 g/mol. The van der Waals surface area contributed by atoms with Crippen molar-refractivity contribution >= 4 is 21.5 Å². The molecule has 0 fully saturated rings. The first-order chi connectivity index (χ1) is 9.82. The van der Waals surface area contributed by atoms with Crippen LogP contribution in [-0.2, 0) is 5.41 Å². The van der Waals surface area contributed by atoms with Gasteiger partial charge in [-0.25, -0.2) is 0 Å². The van der Waals surface area contributed by atoms with E-state index in [0.29, 0.717) is 16.3 Å². The number of halogens is 3. The molecule has 0 unspecified atom stereocenters. The lowest BCUT2D eigenvalue weighted by Gasteiger charge is -2.31.